The summed E-state index contributed by atoms with van der Waals surface area (Å²) in [4.78, 5) is 0. The number of hydrogen-bond donors (Lipinski definition) is 1. The Morgan fingerprint density at radius 2 is 2.29 bits per heavy atom. The third kappa shape index (κ3) is 3.28. The van der Waals surface area contributed by atoms with Crippen LogP contribution in [0, 0.1) is 0 Å². The molecular formula is C12H15ClN4. The summed E-state index contributed by atoms with van der Waals surface area (Å²) >= 11 is 5.93. The summed E-state index contributed by atoms with van der Waals surface area (Å²) in [7, 11) is 1.95. The lowest BCUT2D eigenvalue weighted by Gasteiger charge is -1.99. The molecular weight excluding hydrogens is 236 g/mol. The summed E-state index contributed by atoms with van der Waals surface area (Å²) in [5, 5.41) is 12.0. The van der Waals surface area contributed by atoms with Crippen LogP contribution in [0.4, 0.5) is 0 Å². The zero-order chi connectivity index (χ0) is 12.1. The molecule has 0 bridgehead atoms. The second kappa shape index (κ2) is 5.80. The van der Waals surface area contributed by atoms with E-state index in [1.165, 1.54) is 0 Å². The SMILES string of the molecule is CNCCCc1cn(-c2cccc(Cl)c2)nn1. The van der Waals surface area contributed by atoms with Gasteiger partial charge in [0.05, 0.1) is 17.6 Å². The molecule has 2 aromatic rings. The lowest BCUT2D eigenvalue weighted by molar-refractivity contribution is 0.712. The maximum Gasteiger partial charge on any atom is 0.0832 e. The minimum atomic E-state index is 0.703. The van der Waals surface area contributed by atoms with Crippen molar-refractivity contribution >= 4 is 11.6 Å². The third-order valence-corrected chi connectivity index (χ3v) is 2.71. The standard InChI is InChI=1S/C12H15ClN4/c1-14-7-3-5-11-9-17(16-15-11)12-6-2-4-10(13)8-12/h2,4,6,8-9,14H,3,5,7H2,1H3. The van der Waals surface area contributed by atoms with Crippen LogP contribution in [0.2, 0.25) is 5.02 Å². The topological polar surface area (TPSA) is 42.7 Å². The van der Waals surface area contributed by atoms with E-state index in [0.717, 1.165) is 30.8 Å². The Labute approximate surface area is 106 Å². The molecule has 4 nitrogen and oxygen atoms in total. The van der Waals surface area contributed by atoms with Crippen LogP contribution in [0.5, 0.6) is 0 Å². The van der Waals surface area contributed by atoms with Gasteiger partial charge in [0.15, 0.2) is 0 Å². The predicted molar refractivity (Wildman–Crippen MR) is 68.6 cm³/mol. The van der Waals surface area contributed by atoms with Gasteiger partial charge >= 0.3 is 0 Å². The molecule has 1 N–H and O–H groups in total. The van der Waals surface area contributed by atoms with Gasteiger partial charge in [0.25, 0.3) is 0 Å². The van der Waals surface area contributed by atoms with E-state index in [9.17, 15) is 0 Å². The van der Waals surface area contributed by atoms with Crippen molar-refractivity contribution in [1.82, 2.24) is 20.3 Å². The van der Waals surface area contributed by atoms with Crippen molar-refractivity contribution < 1.29 is 0 Å². The van der Waals surface area contributed by atoms with E-state index < -0.39 is 0 Å². The van der Waals surface area contributed by atoms with Crippen molar-refractivity contribution in [3.63, 3.8) is 0 Å². The highest BCUT2D eigenvalue weighted by Crippen LogP contribution is 2.14. The van der Waals surface area contributed by atoms with Crippen LogP contribution in [0.15, 0.2) is 30.5 Å². The first-order valence-corrected chi connectivity index (χ1v) is 5.99. The van der Waals surface area contributed by atoms with E-state index >= 15 is 0 Å². The second-order valence-electron chi connectivity index (χ2n) is 3.84. The van der Waals surface area contributed by atoms with E-state index in [2.05, 4.69) is 15.6 Å². The van der Waals surface area contributed by atoms with Crippen LogP contribution >= 0.6 is 11.6 Å². The van der Waals surface area contributed by atoms with Crippen molar-refractivity contribution in [2.45, 2.75) is 12.8 Å². The zero-order valence-corrected chi connectivity index (χ0v) is 10.5. The molecule has 0 saturated heterocycles. The van der Waals surface area contributed by atoms with Crippen LogP contribution in [-0.4, -0.2) is 28.6 Å². The Hall–Kier alpha value is -1.39. The summed E-state index contributed by atoms with van der Waals surface area (Å²) in [6.45, 7) is 0.990. The number of aryl methyl sites for hydroxylation is 1. The average Bonchev–Trinajstić information content (AvgIpc) is 2.78. The molecule has 90 valence electrons. The van der Waals surface area contributed by atoms with E-state index in [1.807, 2.05) is 37.5 Å². The predicted octanol–water partition coefficient (Wildman–Crippen LogP) is 2.07. The van der Waals surface area contributed by atoms with E-state index in [4.69, 9.17) is 11.6 Å². The number of nitrogens with one attached hydrogen (secondary N) is 1. The molecule has 5 heteroatoms. The minimum absolute atomic E-state index is 0.703. The normalized spacial score (nSPS) is 10.7. The number of nitrogens with zero attached hydrogens (tertiary/aromatic N) is 3. The monoisotopic (exact) mass is 250 g/mol. The first-order valence-electron chi connectivity index (χ1n) is 5.61. The maximum absolute atomic E-state index is 5.93. The van der Waals surface area contributed by atoms with Crippen LogP contribution in [0.25, 0.3) is 5.69 Å². The van der Waals surface area contributed by atoms with Gasteiger partial charge in [0.1, 0.15) is 0 Å². The number of rotatable bonds is 5. The second-order valence-corrected chi connectivity index (χ2v) is 4.28. The van der Waals surface area contributed by atoms with Crippen molar-refractivity contribution in [2.24, 2.45) is 0 Å². The fourth-order valence-corrected chi connectivity index (χ4v) is 1.79. The van der Waals surface area contributed by atoms with Gasteiger partial charge in [0, 0.05) is 5.02 Å². The van der Waals surface area contributed by atoms with Gasteiger partial charge in [-0.15, -0.1) is 5.10 Å². The third-order valence-electron chi connectivity index (χ3n) is 2.47. The van der Waals surface area contributed by atoms with Gasteiger partial charge in [0.2, 0.25) is 0 Å². The average molecular weight is 251 g/mol. The Bertz CT molecular complexity index is 481. The fraction of sp³-hybridized carbons (Fsp3) is 0.333. The van der Waals surface area contributed by atoms with E-state index in [0.29, 0.717) is 5.02 Å². The summed E-state index contributed by atoms with van der Waals surface area (Å²) in [5.41, 5.74) is 1.94. The molecule has 0 fully saturated rings. The number of aromatic nitrogens is 3. The minimum Gasteiger partial charge on any atom is -0.320 e. The molecule has 1 aromatic carbocycles. The van der Waals surface area contributed by atoms with Crippen molar-refractivity contribution in [1.29, 1.82) is 0 Å². The van der Waals surface area contributed by atoms with Crippen molar-refractivity contribution in [3.8, 4) is 5.69 Å². The number of hydrogen-bond acceptors (Lipinski definition) is 3. The molecule has 0 amide bonds. The molecule has 0 radical (unpaired) electrons. The van der Waals surface area contributed by atoms with Gasteiger partial charge in [-0.25, -0.2) is 4.68 Å². The maximum atomic E-state index is 5.93. The molecule has 0 unspecified atom stereocenters. The summed E-state index contributed by atoms with van der Waals surface area (Å²) in [5.74, 6) is 0. The molecule has 2 rings (SSSR count). The van der Waals surface area contributed by atoms with E-state index in [-0.39, 0.29) is 0 Å². The first kappa shape index (κ1) is 12.1. The highest BCUT2D eigenvalue weighted by atomic mass is 35.5. The molecule has 1 heterocycles. The number of benzene rings is 1. The Morgan fingerprint density at radius 3 is 3.06 bits per heavy atom. The number of halogens is 1. The van der Waals surface area contributed by atoms with Crippen LogP contribution < -0.4 is 5.32 Å². The summed E-state index contributed by atoms with van der Waals surface area (Å²) in [6, 6.07) is 7.57. The van der Waals surface area contributed by atoms with Crippen molar-refractivity contribution in [2.75, 3.05) is 13.6 Å². The lowest BCUT2D eigenvalue weighted by atomic mass is 10.2. The lowest BCUT2D eigenvalue weighted by Crippen LogP contribution is -2.08. The highest BCUT2D eigenvalue weighted by Gasteiger charge is 2.02. The van der Waals surface area contributed by atoms with Crippen molar-refractivity contribution in [3.05, 3.63) is 41.2 Å². The fourth-order valence-electron chi connectivity index (χ4n) is 1.60. The van der Waals surface area contributed by atoms with Crippen LogP contribution in [0.1, 0.15) is 12.1 Å². The van der Waals surface area contributed by atoms with E-state index in [1.54, 1.807) is 4.68 Å². The Morgan fingerprint density at radius 1 is 1.41 bits per heavy atom. The largest absolute Gasteiger partial charge is 0.320 e. The van der Waals surface area contributed by atoms with Gasteiger partial charge in [-0.3, -0.25) is 0 Å². The zero-order valence-electron chi connectivity index (χ0n) is 9.73. The molecule has 0 aliphatic heterocycles. The Balaban J connectivity index is 2.07. The molecule has 0 atom stereocenters. The Kier molecular flexibility index (Phi) is 4.12. The van der Waals surface area contributed by atoms with Crippen LogP contribution in [-0.2, 0) is 6.42 Å². The molecule has 1 aromatic heterocycles. The quantitative estimate of drug-likeness (QED) is 0.827. The van der Waals surface area contributed by atoms with Crippen LogP contribution in [0.3, 0.4) is 0 Å². The van der Waals surface area contributed by atoms with Gasteiger partial charge in [-0.1, -0.05) is 22.9 Å². The summed E-state index contributed by atoms with van der Waals surface area (Å²) < 4.78 is 1.75. The smallest absolute Gasteiger partial charge is 0.0832 e. The molecule has 0 aliphatic carbocycles. The van der Waals surface area contributed by atoms with Gasteiger partial charge in [-0.2, -0.15) is 0 Å². The highest BCUT2D eigenvalue weighted by molar-refractivity contribution is 6.30. The molecule has 0 saturated carbocycles. The first-order chi connectivity index (χ1) is 8.29. The molecule has 17 heavy (non-hydrogen) atoms. The summed E-state index contributed by atoms with van der Waals surface area (Å²) in [6.07, 6.45) is 3.94. The molecule has 0 spiro atoms. The molecule has 0 aliphatic rings. The van der Waals surface area contributed by atoms with Gasteiger partial charge in [-0.05, 0) is 44.6 Å². The van der Waals surface area contributed by atoms with Gasteiger partial charge < -0.3 is 5.32 Å².